The van der Waals surface area contributed by atoms with E-state index in [0.717, 1.165) is 25.2 Å². The first kappa shape index (κ1) is 15.0. The van der Waals surface area contributed by atoms with Gasteiger partial charge in [-0.2, -0.15) is 0 Å². The molecule has 3 rings (SSSR count). The molecule has 0 aliphatic carbocycles. The molecule has 2 aromatic heterocycles. The zero-order chi connectivity index (χ0) is 15.0. The third-order valence-corrected chi connectivity index (χ3v) is 5.74. The molecule has 3 heterocycles. The molecule has 0 saturated carbocycles. The van der Waals surface area contributed by atoms with E-state index in [2.05, 4.69) is 29.0 Å². The van der Waals surface area contributed by atoms with E-state index in [1.807, 2.05) is 5.38 Å². The summed E-state index contributed by atoms with van der Waals surface area (Å²) >= 11 is 8.91. The Balaban J connectivity index is 1.74. The molecule has 0 radical (unpaired) electrons. The molecule has 0 spiro atoms. The lowest BCUT2D eigenvalue weighted by atomic mass is 10.1. The Morgan fingerprint density at radius 1 is 1.52 bits per heavy atom. The van der Waals surface area contributed by atoms with Crippen molar-refractivity contribution in [2.75, 3.05) is 11.9 Å². The summed E-state index contributed by atoms with van der Waals surface area (Å²) in [5.74, 6) is -0.187. The summed E-state index contributed by atoms with van der Waals surface area (Å²) in [7, 11) is 0. The van der Waals surface area contributed by atoms with Gasteiger partial charge in [0, 0.05) is 30.4 Å². The molecule has 21 heavy (non-hydrogen) atoms. The first-order chi connectivity index (χ1) is 10.0. The van der Waals surface area contributed by atoms with Gasteiger partial charge in [0.25, 0.3) is 5.91 Å². The fourth-order valence-electron chi connectivity index (χ4n) is 2.33. The maximum absolute atomic E-state index is 12.1. The van der Waals surface area contributed by atoms with Gasteiger partial charge in [-0.25, -0.2) is 4.98 Å². The molecule has 0 unspecified atom stereocenters. The van der Waals surface area contributed by atoms with Crippen molar-refractivity contribution in [3.8, 4) is 0 Å². The van der Waals surface area contributed by atoms with Crippen molar-refractivity contribution in [1.29, 1.82) is 0 Å². The predicted molar refractivity (Wildman–Crippen MR) is 88.6 cm³/mol. The zero-order valence-electron chi connectivity index (χ0n) is 11.9. The number of amides is 1. The highest BCUT2D eigenvalue weighted by Crippen LogP contribution is 2.30. The minimum Gasteiger partial charge on any atom is -0.298 e. The standard InChI is InChI=1S/C14H16ClN3OS2/c1-8(2)18-5-3-10-11(7-18)21-14(16-10)17-13(19)9-4-6-20-12(9)15/h4,6,8H,3,5,7H2,1-2H3,(H,16,17,19). The Hall–Kier alpha value is -0.950. The van der Waals surface area contributed by atoms with Crippen LogP contribution in [-0.2, 0) is 13.0 Å². The van der Waals surface area contributed by atoms with Gasteiger partial charge in [0.15, 0.2) is 5.13 Å². The Labute approximate surface area is 136 Å². The number of hydrogen-bond acceptors (Lipinski definition) is 5. The van der Waals surface area contributed by atoms with Crippen LogP contribution in [0.15, 0.2) is 11.4 Å². The number of carbonyl (C=O) groups excluding carboxylic acids is 1. The van der Waals surface area contributed by atoms with E-state index >= 15 is 0 Å². The molecule has 112 valence electrons. The fraction of sp³-hybridized carbons (Fsp3) is 0.429. The number of fused-ring (bicyclic) bond motifs is 1. The Morgan fingerprint density at radius 3 is 3.00 bits per heavy atom. The number of nitrogens with one attached hydrogen (secondary N) is 1. The highest BCUT2D eigenvalue weighted by molar-refractivity contribution is 7.16. The number of anilines is 1. The molecule has 0 bridgehead atoms. The van der Waals surface area contributed by atoms with Gasteiger partial charge < -0.3 is 0 Å². The summed E-state index contributed by atoms with van der Waals surface area (Å²) in [6.45, 7) is 6.35. The van der Waals surface area contributed by atoms with Crippen LogP contribution >= 0.6 is 34.3 Å². The highest BCUT2D eigenvalue weighted by Gasteiger charge is 2.23. The first-order valence-corrected chi connectivity index (χ1v) is 8.89. The average Bonchev–Trinajstić information content (AvgIpc) is 3.02. The van der Waals surface area contributed by atoms with Crippen molar-refractivity contribution in [3.63, 3.8) is 0 Å². The van der Waals surface area contributed by atoms with Gasteiger partial charge in [-0.15, -0.1) is 22.7 Å². The van der Waals surface area contributed by atoms with Gasteiger partial charge in [-0.1, -0.05) is 11.6 Å². The number of thiophene rings is 1. The van der Waals surface area contributed by atoms with Gasteiger partial charge in [-0.3, -0.25) is 15.0 Å². The van der Waals surface area contributed by atoms with E-state index in [-0.39, 0.29) is 5.91 Å². The lowest BCUT2D eigenvalue weighted by Gasteiger charge is -2.29. The number of rotatable bonds is 3. The average molecular weight is 342 g/mol. The number of nitrogens with zero attached hydrogens (tertiary/aromatic N) is 2. The quantitative estimate of drug-likeness (QED) is 0.921. The van der Waals surface area contributed by atoms with E-state index < -0.39 is 0 Å². The minimum atomic E-state index is -0.187. The summed E-state index contributed by atoms with van der Waals surface area (Å²) < 4.78 is 0.514. The third-order valence-electron chi connectivity index (χ3n) is 3.57. The Bertz CT molecular complexity index is 665. The smallest absolute Gasteiger partial charge is 0.259 e. The van der Waals surface area contributed by atoms with Crippen molar-refractivity contribution in [2.45, 2.75) is 32.9 Å². The second-order valence-corrected chi connectivity index (χ2v) is 7.87. The maximum Gasteiger partial charge on any atom is 0.259 e. The van der Waals surface area contributed by atoms with E-state index in [4.69, 9.17) is 11.6 Å². The number of thiazole rings is 1. The van der Waals surface area contributed by atoms with Gasteiger partial charge in [0.1, 0.15) is 4.34 Å². The molecule has 1 amide bonds. The Kier molecular flexibility index (Phi) is 4.31. The van der Waals surface area contributed by atoms with Crippen LogP contribution in [0.5, 0.6) is 0 Å². The summed E-state index contributed by atoms with van der Waals surface area (Å²) in [6.07, 6.45) is 0.944. The second kappa shape index (κ2) is 6.04. The van der Waals surface area contributed by atoms with Crippen LogP contribution in [0.2, 0.25) is 4.34 Å². The topological polar surface area (TPSA) is 45.2 Å². The van der Waals surface area contributed by atoms with Crippen LogP contribution in [0, 0.1) is 0 Å². The molecular weight excluding hydrogens is 326 g/mol. The first-order valence-electron chi connectivity index (χ1n) is 6.81. The predicted octanol–water partition coefficient (Wildman–Crippen LogP) is 3.88. The van der Waals surface area contributed by atoms with Crippen molar-refractivity contribution < 1.29 is 4.79 Å². The monoisotopic (exact) mass is 341 g/mol. The normalized spacial score (nSPS) is 15.2. The summed E-state index contributed by atoms with van der Waals surface area (Å²) in [4.78, 5) is 20.4. The third kappa shape index (κ3) is 3.13. The highest BCUT2D eigenvalue weighted by atomic mass is 35.5. The molecule has 2 aromatic rings. The van der Waals surface area contributed by atoms with Gasteiger partial charge >= 0.3 is 0 Å². The van der Waals surface area contributed by atoms with Crippen molar-refractivity contribution >= 4 is 45.3 Å². The fourth-order valence-corrected chi connectivity index (χ4v) is 4.27. The zero-order valence-corrected chi connectivity index (χ0v) is 14.2. The van der Waals surface area contributed by atoms with Gasteiger partial charge in [0.2, 0.25) is 0 Å². The van der Waals surface area contributed by atoms with Crippen LogP contribution in [0.4, 0.5) is 5.13 Å². The lowest BCUT2D eigenvalue weighted by Crippen LogP contribution is -2.35. The lowest BCUT2D eigenvalue weighted by molar-refractivity contribution is 0.102. The SMILES string of the molecule is CC(C)N1CCc2nc(NC(=O)c3ccsc3Cl)sc2C1. The number of aromatic nitrogens is 1. The Morgan fingerprint density at radius 2 is 2.33 bits per heavy atom. The molecular formula is C14H16ClN3OS2. The number of hydrogen-bond donors (Lipinski definition) is 1. The van der Waals surface area contributed by atoms with Crippen LogP contribution in [0.3, 0.4) is 0 Å². The summed E-state index contributed by atoms with van der Waals surface area (Å²) in [6, 6.07) is 2.26. The van der Waals surface area contributed by atoms with Crippen molar-refractivity contribution in [3.05, 3.63) is 31.9 Å². The minimum absolute atomic E-state index is 0.187. The molecule has 0 fully saturated rings. The molecule has 1 N–H and O–H groups in total. The molecule has 0 atom stereocenters. The largest absolute Gasteiger partial charge is 0.298 e. The number of halogens is 1. The van der Waals surface area contributed by atoms with Gasteiger partial charge in [-0.05, 0) is 25.3 Å². The van der Waals surface area contributed by atoms with E-state index in [9.17, 15) is 4.79 Å². The van der Waals surface area contributed by atoms with Crippen LogP contribution < -0.4 is 5.32 Å². The van der Waals surface area contributed by atoms with E-state index in [0.29, 0.717) is 21.1 Å². The van der Waals surface area contributed by atoms with Crippen molar-refractivity contribution in [1.82, 2.24) is 9.88 Å². The second-order valence-electron chi connectivity index (χ2n) is 5.27. The summed E-state index contributed by atoms with van der Waals surface area (Å²) in [5.41, 5.74) is 1.63. The molecule has 7 heteroatoms. The van der Waals surface area contributed by atoms with E-state index in [1.165, 1.54) is 16.2 Å². The van der Waals surface area contributed by atoms with Crippen LogP contribution in [0.25, 0.3) is 0 Å². The molecule has 0 saturated heterocycles. The summed E-state index contributed by atoms with van der Waals surface area (Å²) in [5, 5.41) is 5.33. The molecule has 0 aromatic carbocycles. The van der Waals surface area contributed by atoms with Gasteiger partial charge in [0.05, 0.1) is 11.3 Å². The number of carbonyl (C=O) groups is 1. The maximum atomic E-state index is 12.1. The molecule has 1 aliphatic rings. The van der Waals surface area contributed by atoms with Crippen LogP contribution in [-0.4, -0.2) is 28.4 Å². The van der Waals surface area contributed by atoms with E-state index in [1.54, 1.807) is 17.4 Å². The van der Waals surface area contributed by atoms with Crippen molar-refractivity contribution in [2.24, 2.45) is 0 Å². The molecule has 1 aliphatic heterocycles. The molecule has 4 nitrogen and oxygen atoms in total. The van der Waals surface area contributed by atoms with Crippen LogP contribution in [0.1, 0.15) is 34.8 Å².